The highest BCUT2D eigenvalue weighted by molar-refractivity contribution is 6.28. The van der Waals surface area contributed by atoms with Crippen molar-refractivity contribution in [3.63, 3.8) is 0 Å². The highest BCUT2D eigenvalue weighted by Crippen LogP contribution is 2.20. The van der Waals surface area contributed by atoms with Crippen LogP contribution in [-0.4, -0.2) is 37.2 Å². The third kappa shape index (κ3) is 2.88. The number of hydrogen-bond donors (Lipinski definition) is 3. The van der Waals surface area contributed by atoms with Crippen molar-refractivity contribution in [3.05, 3.63) is 11.6 Å². The van der Waals surface area contributed by atoms with E-state index in [2.05, 4.69) is 25.3 Å². The number of aromatic amines is 1. The number of anilines is 1. The van der Waals surface area contributed by atoms with E-state index in [4.69, 9.17) is 11.6 Å². The van der Waals surface area contributed by atoms with E-state index in [9.17, 15) is 5.11 Å². The van der Waals surface area contributed by atoms with Crippen LogP contribution in [0.1, 0.15) is 26.7 Å². The smallest absolute Gasteiger partial charge is 0.226 e. The fourth-order valence-corrected chi connectivity index (χ4v) is 2.00. The molecule has 0 fully saturated rings. The molecule has 0 aliphatic carbocycles. The SMILES string of the molecule is CCCC(C)(O)CNc1nc(Cl)nc2nc[nH]c12. The Morgan fingerprint density at radius 3 is 3.00 bits per heavy atom. The van der Waals surface area contributed by atoms with Gasteiger partial charge in [-0.25, -0.2) is 4.98 Å². The molecule has 98 valence electrons. The lowest BCUT2D eigenvalue weighted by Crippen LogP contribution is -2.33. The first-order chi connectivity index (χ1) is 8.52. The van der Waals surface area contributed by atoms with Gasteiger partial charge in [0.1, 0.15) is 5.52 Å². The summed E-state index contributed by atoms with van der Waals surface area (Å²) >= 11 is 5.81. The zero-order valence-electron chi connectivity index (χ0n) is 10.4. The van der Waals surface area contributed by atoms with E-state index in [0.717, 1.165) is 6.42 Å². The van der Waals surface area contributed by atoms with Crippen LogP contribution in [0.15, 0.2) is 6.33 Å². The zero-order valence-corrected chi connectivity index (χ0v) is 11.1. The van der Waals surface area contributed by atoms with E-state index in [1.165, 1.54) is 6.33 Å². The Labute approximate surface area is 110 Å². The Bertz CT molecular complexity index is 539. The maximum atomic E-state index is 10.1. The van der Waals surface area contributed by atoms with Crippen LogP contribution in [0.2, 0.25) is 5.28 Å². The van der Waals surface area contributed by atoms with E-state index in [-0.39, 0.29) is 5.28 Å². The molecule has 0 saturated heterocycles. The molecule has 2 heterocycles. The first kappa shape index (κ1) is 13.0. The van der Waals surface area contributed by atoms with Crippen LogP contribution in [0.3, 0.4) is 0 Å². The molecule has 6 nitrogen and oxygen atoms in total. The zero-order chi connectivity index (χ0) is 13.2. The van der Waals surface area contributed by atoms with Crippen LogP contribution < -0.4 is 5.32 Å². The number of fused-ring (bicyclic) bond motifs is 1. The molecule has 7 heteroatoms. The number of imidazole rings is 1. The van der Waals surface area contributed by atoms with Gasteiger partial charge in [0, 0.05) is 6.54 Å². The highest BCUT2D eigenvalue weighted by Gasteiger charge is 2.20. The topological polar surface area (TPSA) is 86.7 Å². The summed E-state index contributed by atoms with van der Waals surface area (Å²) in [5, 5.41) is 13.3. The van der Waals surface area contributed by atoms with Crippen molar-refractivity contribution in [1.29, 1.82) is 0 Å². The minimum Gasteiger partial charge on any atom is -0.388 e. The number of aromatic nitrogens is 4. The van der Waals surface area contributed by atoms with Gasteiger partial charge in [0.05, 0.1) is 11.9 Å². The van der Waals surface area contributed by atoms with Crippen LogP contribution >= 0.6 is 11.6 Å². The Morgan fingerprint density at radius 1 is 1.50 bits per heavy atom. The van der Waals surface area contributed by atoms with Gasteiger partial charge in [-0.2, -0.15) is 9.97 Å². The maximum Gasteiger partial charge on any atom is 0.226 e. The van der Waals surface area contributed by atoms with E-state index in [1.54, 1.807) is 6.92 Å². The van der Waals surface area contributed by atoms with Crippen molar-refractivity contribution in [2.75, 3.05) is 11.9 Å². The number of nitrogens with one attached hydrogen (secondary N) is 2. The van der Waals surface area contributed by atoms with Gasteiger partial charge in [-0.15, -0.1) is 0 Å². The van der Waals surface area contributed by atoms with Gasteiger partial charge in [-0.05, 0) is 24.9 Å². The largest absolute Gasteiger partial charge is 0.388 e. The number of rotatable bonds is 5. The van der Waals surface area contributed by atoms with Crippen LogP contribution in [0, 0.1) is 0 Å². The van der Waals surface area contributed by atoms with E-state index in [0.29, 0.717) is 29.9 Å². The Balaban J connectivity index is 2.19. The fraction of sp³-hybridized carbons (Fsp3) is 0.545. The number of H-pyrrole nitrogens is 1. The second-order valence-corrected chi connectivity index (χ2v) is 4.88. The first-order valence-electron chi connectivity index (χ1n) is 5.85. The molecule has 0 spiro atoms. The highest BCUT2D eigenvalue weighted by atomic mass is 35.5. The summed E-state index contributed by atoms with van der Waals surface area (Å²) in [7, 11) is 0. The summed E-state index contributed by atoms with van der Waals surface area (Å²) in [5.74, 6) is 0.555. The fourth-order valence-electron chi connectivity index (χ4n) is 1.84. The maximum absolute atomic E-state index is 10.1. The summed E-state index contributed by atoms with van der Waals surface area (Å²) in [6, 6.07) is 0. The molecule has 0 bridgehead atoms. The lowest BCUT2D eigenvalue weighted by Gasteiger charge is -2.23. The third-order valence-corrected chi connectivity index (χ3v) is 2.85. The van der Waals surface area contributed by atoms with Crippen molar-refractivity contribution in [3.8, 4) is 0 Å². The molecule has 0 aliphatic heterocycles. The summed E-state index contributed by atoms with van der Waals surface area (Å²) in [5.41, 5.74) is 0.415. The normalized spacial score (nSPS) is 14.7. The monoisotopic (exact) mass is 269 g/mol. The average Bonchev–Trinajstić information content (AvgIpc) is 2.73. The van der Waals surface area contributed by atoms with Crippen LogP contribution in [0.4, 0.5) is 5.82 Å². The molecule has 3 N–H and O–H groups in total. The quantitative estimate of drug-likeness (QED) is 0.723. The van der Waals surface area contributed by atoms with Crippen molar-refractivity contribution in [2.45, 2.75) is 32.3 Å². The lowest BCUT2D eigenvalue weighted by atomic mass is 10.0. The predicted molar refractivity (Wildman–Crippen MR) is 70.7 cm³/mol. The summed E-state index contributed by atoms with van der Waals surface area (Å²) in [6.07, 6.45) is 3.16. The van der Waals surface area contributed by atoms with Crippen molar-refractivity contribution in [2.24, 2.45) is 0 Å². The third-order valence-electron chi connectivity index (χ3n) is 2.68. The van der Waals surface area contributed by atoms with Gasteiger partial charge in [0.25, 0.3) is 0 Å². The van der Waals surface area contributed by atoms with Gasteiger partial charge in [0.15, 0.2) is 11.5 Å². The number of aliphatic hydroxyl groups is 1. The van der Waals surface area contributed by atoms with Crippen LogP contribution in [0.5, 0.6) is 0 Å². The standard InChI is InChI=1S/C11H16ClN5O/c1-3-4-11(2,18)5-13-8-7-9(15-6-14-7)17-10(12)16-8/h6,18H,3-5H2,1-2H3,(H2,13,14,15,16,17). The van der Waals surface area contributed by atoms with Gasteiger partial charge in [-0.1, -0.05) is 13.3 Å². The molecular formula is C11H16ClN5O. The number of nitrogens with zero attached hydrogens (tertiary/aromatic N) is 3. The minimum absolute atomic E-state index is 0.132. The molecule has 1 atom stereocenters. The van der Waals surface area contributed by atoms with E-state index >= 15 is 0 Å². The summed E-state index contributed by atoms with van der Waals surface area (Å²) in [4.78, 5) is 15.1. The van der Waals surface area contributed by atoms with Crippen molar-refractivity contribution >= 4 is 28.6 Å². The van der Waals surface area contributed by atoms with Gasteiger partial charge < -0.3 is 15.4 Å². The lowest BCUT2D eigenvalue weighted by molar-refractivity contribution is 0.0636. The van der Waals surface area contributed by atoms with Crippen molar-refractivity contribution < 1.29 is 5.11 Å². The van der Waals surface area contributed by atoms with E-state index < -0.39 is 5.60 Å². The van der Waals surface area contributed by atoms with Crippen molar-refractivity contribution in [1.82, 2.24) is 19.9 Å². The Kier molecular flexibility index (Phi) is 3.68. The second kappa shape index (κ2) is 5.07. The van der Waals surface area contributed by atoms with E-state index in [1.807, 2.05) is 6.92 Å². The predicted octanol–water partition coefficient (Wildman–Crippen LogP) is 1.97. The average molecular weight is 270 g/mol. The first-order valence-corrected chi connectivity index (χ1v) is 6.22. The minimum atomic E-state index is -0.779. The molecular weight excluding hydrogens is 254 g/mol. The van der Waals surface area contributed by atoms with Crippen LogP contribution in [0.25, 0.3) is 11.2 Å². The van der Waals surface area contributed by atoms with Gasteiger partial charge in [0.2, 0.25) is 5.28 Å². The molecule has 0 aromatic carbocycles. The number of halogens is 1. The molecule has 18 heavy (non-hydrogen) atoms. The molecule has 2 rings (SSSR count). The molecule has 0 amide bonds. The van der Waals surface area contributed by atoms with Crippen LogP contribution in [-0.2, 0) is 0 Å². The second-order valence-electron chi connectivity index (χ2n) is 4.54. The molecule has 2 aromatic heterocycles. The summed E-state index contributed by atoms with van der Waals surface area (Å²) < 4.78 is 0. The molecule has 0 aliphatic rings. The van der Waals surface area contributed by atoms with Gasteiger partial charge >= 0.3 is 0 Å². The molecule has 0 radical (unpaired) electrons. The Hall–Kier alpha value is -1.40. The Morgan fingerprint density at radius 2 is 2.28 bits per heavy atom. The molecule has 0 saturated carbocycles. The van der Waals surface area contributed by atoms with Gasteiger partial charge in [-0.3, -0.25) is 0 Å². The summed E-state index contributed by atoms with van der Waals surface area (Å²) in [6.45, 7) is 4.21. The molecule has 2 aromatic rings. The number of hydrogen-bond acceptors (Lipinski definition) is 5. The molecule has 1 unspecified atom stereocenters.